The summed E-state index contributed by atoms with van der Waals surface area (Å²) < 4.78 is 0. The van der Waals surface area contributed by atoms with E-state index in [1.165, 1.54) is 51.4 Å². The summed E-state index contributed by atoms with van der Waals surface area (Å²) in [6.07, 6.45) is 12.9. The van der Waals surface area contributed by atoms with E-state index in [9.17, 15) is 9.90 Å². The van der Waals surface area contributed by atoms with Crippen LogP contribution in [0.2, 0.25) is 0 Å². The van der Waals surface area contributed by atoms with E-state index in [2.05, 4.69) is 6.92 Å². The van der Waals surface area contributed by atoms with Crippen molar-refractivity contribution in [1.82, 2.24) is 0 Å². The van der Waals surface area contributed by atoms with Gasteiger partial charge in [-0.1, -0.05) is 64.7 Å². The molecule has 0 rings (SSSR count). The Morgan fingerprint density at radius 3 is 1.82 bits per heavy atom. The third-order valence-corrected chi connectivity index (χ3v) is 3.44. The fourth-order valence-electron chi connectivity index (χ4n) is 2.11. The van der Waals surface area contributed by atoms with Gasteiger partial charge in [-0.2, -0.15) is 0 Å². The Bertz CT molecular complexity index is 166. The molecule has 0 heterocycles. The van der Waals surface area contributed by atoms with E-state index in [0.29, 0.717) is 0 Å². The van der Waals surface area contributed by atoms with Crippen LogP contribution in [0.1, 0.15) is 78.1 Å². The van der Waals surface area contributed by atoms with E-state index < -0.39 is 6.10 Å². The number of aldehydes is 1. The average Bonchev–Trinajstić information content (AvgIpc) is 2.31. The van der Waals surface area contributed by atoms with Crippen molar-refractivity contribution in [3.8, 4) is 0 Å². The number of carbonyl (C=O) groups excluding carboxylic acids is 1. The highest BCUT2D eigenvalue weighted by atomic mass is 16.3. The van der Waals surface area contributed by atoms with Crippen molar-refractivity contribution in [2.75, 3.05) is 0 Å². The third kappa shape index (κ3) is 10.5. The van der Waals surface area contributed by atoms with Gasteiger partial charge in [0.05, 0.1) is 6.10 Å². The Morgan fingerprint density at radius 2 is 1.41 bits per heavy atom. The van der Waals surface area contributed by atoms with Crippen LogP contribution in [0.4, 0.5) is 0 Å². The summed E-state index contributed by atoms with van der Waals surface area (Å²) >= 11 is 0. The molecule has 0 aliphatic rings. The van der Waals surface area contributed by atoms with Gasteiger partial charge in [-0.05, 0) is 13.3 Å². The topological polar surface area (TPSA) is 37.3 Å². The Morgan fingerprint density at radius 1 is 0.941 bits per heavy atom. The minimum Gasteiger partial charge on any atom is -0.393 e. The molecular formula is C15H30O2. The predicted octanol–water partition coefficient (Wildman–Crippen LogP) is 4.10. The number of unbranched alkanes of at least 4 members (excludes halogenated alkanes) is 8. The summed E-state index contributed by atoms with van der Waals surface area (Å²) in [6, 6.07) is 0. The van der Waals surface area contributed by atoms with Gasteiger partial charge in [-0.3, -0.25) is 0 Å². The molecule has 2 unspecified atom stereocenters. The van der Waals surface area contributed by atoms with Crippen LogP contribution in [0.5, 0.6) is 0 Å². The minimum absolute atomic E-state index is 0.153. The van der Waals surface area contributed by atoms with Gasteiger partial charge in [0.1, 0.15) is 6.29 Å². The molecule has 2 nitrogen and oxygen atoms in total. The molecule has 0 saturated heterocycles. The SMILES string of the molecule is CCCCCCCCCCCC(C=O)C(C)O. The Hall–Kier alpha value is -0.370. The van der Waals surface area contributed by atoms with Crippen LogP contribution >= 0.6 is 0 Å². The smallest absolute Gasteiger partial charge is 0.125 e. The molecule has 0 amide bonds. The monoisotopic (exact) mass is 242 g/mol. The highest BCUT2D eigenvalue weighted by molar-refractivity contribution is 5.54. The van der Waals surface area contributed by atoms with Crippen LogP contribution in [0.15, 0.2) is 0 Å². The first kappa shape index (κ1) is 16.6. The number of carbonyl (C=O) groups is 1. The van der Waals surface area contributed by atoms with E-state index in [-0.39, 0.29) is 5.92 Å². The molecule has 0 saturated carbocycles. The van der Waals surface area contributed by atoms with E-state index >= 15 is 0 Å². The van der Waals surface area contributed by atoms with Crippen LogP contribution in [0, 0.1) is 5.92 Å². The molecule has 2 atom stereocenters. The van der Waals surface area contributed by atoms with Crippen LogP contribution in [0.25, 0.3) is 0 Å². The van der Waals surface area contributed by atoms with Gasteiger partial charge in [0.15, 0.2) is 0 Å². The van der Waals surface area contributed by atoms with Crippen LogP contribution in [-0.2, 0) is 4.79 Å². The Balaban J connectivity index is 3.20. The first-order valence-corrected chi connectivity index (χ1v) is 7.35. The first-order chi connectivity index (χ1) is 8.22. The first-order valence-electron chi connectivity index (χ1n) is 7.35. The molecular weight excluding hydrogens is 212 g/mol. The summed E-state index contributed by atoms with van der Waals surface area (Å²) in [5.41, 5.74) is 0. The lowest BCUT2D eigenvalue weighted by atomic mass is 9.97. The summed E-state index contributed by atoms with van der Waals surface area (Å²) in [7, 11) is 0. The average molecular weight is 242 g/mol. The number of hydrogen-bond acceptors (Lipinski definition) is 2. The second-order valence-corrected chi connectivity index (χ2v) is 5.16. The second kappa shape index (κ2) is 12.1. The zero-order valence-corrected chi connectivity index (χ0v) is 11.7. The molecule has 0 spiro atoms. The van der Waals surface area contributed by atoms with Gasteiger partial charge >= 0.3 is 0 Å². The molecule has 17 heavy (non-hydrogen) atoms. The minimum atomic E-state index is -0.485. The highest BCUT2D eigenvalue weighted by Gasteiger charge is 2.12. The standard InChI is InChI=1S/C15H30O2/c1-3-4-5-6-7-8-9-10-11-12-15(13-16)14(2)17/h13-15,17H,3-12H2,1-2H3. The fourth-order valence-corrected chi connectivity index (χ4v) is 2.11. The molecule has 102 valence electrons. The van der Waals surface area contributed by atoms with Crippen LogP contribution < -0.4 is 0 Å². The van der Waals surface area contributed by atoms with Crippen molar-refractivity contribution in [1.29, 1.82) is 0 Å². The highest BCUT2D eigenvalue weighted by Crippen LogP contribution is 2.14. The second-order valence-electron chi connectivity index (χ2n) is 5.16. The lowest BCUT2D eigenvalue weighted by Gasteiger charge is -2.12. The van der Waals surface area contributed by atoms with Crippen molar-refractivity contribution in [3.63, 3.8) is 0 Å². The molecule has 0 bridgehead atoms. The zero-order chi connectivity index (χ0) is 12.9. The van der Waals surface area contributed by atoms with Gasteiger partial charge in [0.25, 0.3) is 0 Å². The summed E-state index contributed by atoms with van der Waals surface area (Å²) in [6.45, 7) is 3.94. The lowest BCUT2D eigenvalue weighted by Crippen LogP contribution is -2.17. The molecule has 0 aromatic carbocycles. The molecule has 1 N–H and O–H groups in total. The normalized spacial score (nSPS) is 14.5. The van der Waals surface area contributed by atoms with Crippen molar-refractivity contribution < 1.29 is 9.90 Å². The van der Waals surface area contributed by atoms with E-state index in [1.54, 1.807) is 6.92 Å². The van der Waals surface area contributed by atoms with Crippen molar-refractivity contribution in [3.05, 3.63) is 0 Å². The predicted molar refractivity (Wildman–Crippen MR) is 73.1 cm³/mol. The van der Waals surface area contributed by atoms with E-state index in [4.69, 9.17) is 0 Å². The lowest BCUT2D eigenvalue weighted by molar-refractivity contribution is -0.114. The van der Waals surface area contributed by atoms with Gasteiger partial charge in [-0.15, -0.1) is 0 Å². The summed E-state index contributed by atoms with van der Waals surface area (Å²) in [4.78, 5) is 10.7. The fraction of sp³-hybridized carbons (Fsp3) is 0.933. The molecule has 0 aromatic rings. The van der Waals surface area contributed by atoms with Gasteiger partial charge in [0.2, 0.25) is 0 Å². The number of aliphatic hydroxyl groups is 1. The molecule has 0 aromatic heterocycles. The Labute approximate surface area is 107 Å². The van der Waals surface area contributed by atoms with Crippen molar-refractivity contribution in [2.45, 2.75) is 84.2 Å². The van der Waals surface area contributed by atoms with Crippen LogP contribution in [-0.4, -0.2) is 17.5 Å². The van der Waals surface area contributed by atoms with Gasteiger partial charge in [0, 0.05) is 5.92 Å². The maximum absolute atomic E-state index is 10.7. The summed E-state index contributed by atoms with van der Waals surface area (Å²) in [5.74, 6) is -0.153. The number of aliphatic hydroxyl groups excluding tert-OH is 1. The van der Waals surface area contributed by atoms with Gasteiger partial charge < -0.3 is 9.90 Å². The van der Waals surface area contributed by atoms with E-state index in [0.717, 1.165) is 19.1 Å². The number of rotatable bonds is 12. The van der Waals surface area contributed by atoms with Crippen molar-refractivity contribution in [2.24, 2.45) is 5.92 Å². The van der Waals surface area contributed by atoms with Crippen LogP contribution in [0.3, 0.4) is 0 Å². The molecule has 0 aliphatic carbocycles. The summed E-state index contributed by atoms with van der Waals surface area (Å²) in [5, 5.41) is 9.30. The maximum Gasteiger partial charge on any atom is 0.125 e. The maximum atomic E-state index is 10.7. The zero-order valence-electron chi connectivity index (χ0n) is 11.7. The van der Waals surface area contributed by atoms with Crippen molar-refractivity contribution >= 4 is 6.29 Å². The molecule has 0 fully saturated rings. The molecule has 2 heteroatoms. The largest absolute Gasteiger partial charge is 0.393 e. The Kier molecular flexibility index (Phi) is 11.8. The van der Waals surface area contributed by atoms with E-state index in [1.807, 2.05) is 0 Å². The molecule has 0 radical (unpaired) electrons. The number of hydrogen-bond donors (Lipinski definition) is 1. The third-order valence-electron chi connectivity index (χ3n) is 3.44. The molecule has 0 aliphatic heterocycles. The quantitative estimate of drug-likeness (QED) is 0.413. The van der Waals surface area contributed by atoms with Gasteiger partial charge in [-0.25, -0.2) is 0 Å².